The second-order valence-corrected chi connectivity index (χ2v) is 4.20. The normalized spacial score (nSPS) is 12.1. The number of carbonyl (C=O) groups excluding carboxylic acids is 1. The molecule has 1 rings (SSSR count). The van der Waals surface area contributed by atoms with E-state index in [0.717, 1.165) is 0 Å². The summed E-state index contributed by atoms with van der Waals surface area (Å²) < 4.78 is 4.96. The standard InChI is InChI=1S/C10H15N3O2S/c1-3-7(10(14)15-4-2)16-9-8(11)12-5-6-13-9/h5-7H,3-4H2,1-2H3,(H2,11,12). The zero-order valence-corrected chi connectivity index (χ0v) is 10.2. The number of nitrogens with two attached hydrogens (primary N) is 1. The van der Waals surface area contributed by atoms with E-state index in [1.165, 1.54) is 18.0 Å². The lowest BCUT2D eigenvalue weighted by Crippen LogP contribution is -2.19. The second-order valence-electron chi connectivity index (χ2n) is 3.01. The van der Waals surface area contributed by atoms with Crippen molar-refractivity contribution in [2.75, 3.05) is 12.3 Å². The fourth-order valence-corrected chi connectivity index (χ4v) is 1.99. The van der Waals surface area contributed by atoms with Crippen molar-refractivity contribution < 1.29 is 9.53 Å². The maximum Gasteiger partial charge on any atom is 0.319 e. The highest BCUT2D eigenvalue weighted by atomic mass is 32.2. The third-order valence-electron chi connectivity index (χ3n) is 1.87. The van der Waals surface area contributed by atoms with Crippen molar-refractivity contribution in [2.45, 2.75) is 30.5 Å². The number of anilines is 1. The van der Waals surface area contributed by atoms with Gasteiger partial charge in [0.2, 0.25) is 0 Å². The Hall–Kier alpha value is -1.30. The fraction of sp³-hybridized carbons (Fsp3) is 0.500. The van der Waals surface area contributed by atoms with E-state index in [4.69, 9.17) is 10.5 Å². The maximum absolute atomic E-state index is 11.6. The molecule has 2 N–H and O–H groups in total. The number of aromatic nitrogens is 2. The molecule has 1 heterocycles. The van der Waals surface area contributed by atoms with E-state index in [-0.39, 0.29) is 11.2 Å². The van der Waals surface area contributed by atoms with Gasteiger partial charge in [0.05, 0.1) is 6.61 Å². The van der Waals surface area contributed by atoms with Gasteiger partial charge in [-0.2, -0.15) is 0 Å². The summed E-state index contributed by atoms with van der Waals surface area (Å²) >= 11 is 1.29. The Morgan fingerprint density at radius 3 is 2.75 bits per heavy atom. The van der Waals surface area contributed by atoms with Gasteiger partial charge in [0.1, 0.15) is 10.3 Å². The average molecular weight is 241 g/mol. The minimum absolute atomic E-state index is 0.236. The molecular formula is C10H15N3O2S. The summed E-state index contributed by atoms with van der Waals surface area (Å²) in [5.41, 5.74) is 5.65. The smallest absolute Gasteiger partial charge is 0.319 e. The molecule has 0 radical (unpaired) electrons. The molecule has 0 saturated heterocycles. The van der Waals surface area contributed by atoms with Gasteiger partial charge in [-0.15, -0.1) is 0 Å². The van der Waals surface area contributed by atoms with Crippen LogP contribution in [0.4, 0.5) is 5.82 Å². The molecule has 5 nitrogen and oxygen atoms in total. The number of esters is 1. The van der Waals surface area contributed by atoms with Gasteiger partial charge in [-0.05, 0) is 13.3 Å². The predicted octanol–water partition coefficient (Wildman–Crippen LogP) is 1.49. The molecule has 0 fully saturated rings. The first-order chi connectivity index (χ1) is 7.69. The molecule has 88 valence electrons. The Morgan fingerprint density at radius 2 is 2.19 bits per heavy atom. The topological polar surface area (TPSA) is 78.1 Å². The first-order valence-corrected chi connectivity index (χ1v) is 5.96. The van der Waals surface area contributed by atoms with Crippen LogP contribution in [-0.4, -0.2) is 27.8 Å². The fourth-order valence-electron chi connectivity index (χ4n) is 1.09. The molecule has 16 heavy (non-hydrogen) atoms. The number of nitrogens with zero attached hydrogens (tertiary/aromatic N) is 2. The summed E-state index contributed by atoms with van der Waals surface area (Å²) in [6.07, 6.45) is 3.74. The van der Waals surface area contributed by atoms with Crippen LogP contribution >= 0.6 is 11.8 Å². The first kappa shape index (κ1) is 12.8. The Morgan fingerprint density at radius 1 is 1.50 bits per heavy atom. The Bertz CT molecular complexity index is 360. The molecule has 0 saturated carbocycles. The van der Waals surface area contributed by atoms with Crippen LogP contribution in [0.2, 0.25) is 0 Å². The van der Waals surface area contributed by atoms with Crippen LogP contribution < -0.4 is 5.73 Å². The lowest BCUT2D eigenvalue weighted by Gasteiger charge is -2.12. The third kappa shape index (κ3) is 3.37. The summed E-state index contributed by atoms with van der Waals surface area (Å²) in [7, 11) is 0. The molecule has 0 spiro atoms. The number of nitrogen functional groups attached to an aromatic ring is 1. The summed E-state index contributed by atoms with van der Waals surface area (Å²) in [6.45, 7) is 4.08. The number of hydrogen-bond donors (Lipinski definition) is 1. The van der Waals surface area contributed by atoms with Crippen LogP contribution in [0.15, 0.2) is 17.4 Å². The number of ether oxygens (including phenoxy) is 1. The quantitative estimate of drug-likeness (QED) is 0.621. The summed E-state index contributed by atoms with van der Waals surface area (Å²) in [5, 5.41) is 0.293. The van der Waals surface area contributed by atoms with E-state index in [1.54, 1.807) is 13.1 Å². The van der Waals surface area contributed by atoms with Crippen LogP contribution in [0.25, 0.3) is 0 Å². The van der Waals surface area contributed by atoms with Gasteiger partial charge in [0.25, 0.3) is 0 Å². The van der Waals surface area contributed by atoms with Gasteiger partial charge in [0, 0.05) is 12.4 Å². The molecule has 0 aromatic carbocycles. The lowest BCUT2D eigenvalue weighted by molar-refractivity contribution is -0.142. The average Bonchev–Trinajstić information content (AvgIpc) is 2.28. The number of carbonyl (C=O) groups is 1. The largest absolute Gasteiger partial charge is 0.465 e. The molecular weight excluding hydrogens is 226 g/mol. The molecule has 1 atom stereocenters. The van der Waals surface area contributed by atoms with E-state index in [2.05, 4.69) is 9.97 Å². The highest BCUT2D eigenvalue weighted by molar-refractivity contribution is 8.00. The summed E-state index contributed by atoms with van der Waals surface area (Å²) in [6, 6.07) is 0. The van der Waals surface area contributed by atoms with Crippen LogP contribution in [0.1, 0.15) is 20.3 Å². The Kier molecular flexibility index (Phi) is 5.04. The zero-order chi connectivity index (χ0) is 12.0. The van der Waals surface area contributed by atoms with Crippen LogP contribution in [0, 0.1) is 0 Å². The Labute approximate surface area is 98.8 Å². The van der Waals surface area contributed by atoms with Crippen molar-refractivity contribution in [1.82, 2.24) is 9.97 Å². The van der Waals surface area contributed by atoms with Gasteiger partial charge in [-0.1, -0.05) is 18.7 Å². The van der Waals surface area contributed by atoms with Crippen molar-refractivity contribution in [1.29, 1.82) is 0 Å². The minimum Gasteiger partial charge on any atom is -0.465 e. The summed E-state index contributed by atoms with van der Waals surface area (Å²) in [4.78, 5) is 19.5. The van der Waals surface area contributed by atoms with Crippen LogP contribution in [-0.2, 0) is 9.53 Å². The van der Waals surface area contributed by atoms with Gasteiger partial charge < -0.3 is 10.5 Å². The highest BCUT2D eigenvalue weighted by Crippen LogP contribution is 2.27. The number of rotatable bonds is 5. The molecule has 1 aromatic rings. The van der Waals surface area contributed by atoms with Crippen molar-refractivity contribution in [3.05, 3.63) is 12.4 Å². The van der Waals surface area contributed by atoms with E-state index in [0.29, 0.717) is 23.9 Å². The molecule has 0 bridgehead atoms. The molecule has 0 aliphatic rings. The molecule has 0 amide bonds. The van der Waals surface area contributed by atoms with Crippen molar-refractivity contribution in [3.63, 3.8) is 0 Å². The molecule has 6 heteroatoms. The molecule has 0 aliphatic heterocycles. The van der Waals surface area contributed by atoms with Gasteiger partial charge in [-0.25, -0.2) is 9.97 Å². The molecule has 0 aliphatic carbocycles. The van der Waals surface area contributed by atoms with Gasteiger partial charge in [0.15, 0.2) is 5.82 Å². The molecule has 1 aromatic heterocycles. The third-order valence-corrected chi connectivity index (χ3v) is 3.21. The monoisotopic (exact) mass is 241 g/mol. The van der Waals surface area contributed by atoms with E-state index < -0.39 is 0 Å². The highest BCUT2D eigenvalue weighted by Gasteiger charge is 2.20. The van der Waals surface area contributed by atoms with E-state index in [9.17, 15) is 4.79 Å². The van der Waals surface area contributed by atoms with E-state index in [1.807, 2.05) is 6.92 Å². The minimum atomic E-state index is -0.279. The van der Waals surface area contributed by atoms with Crippen molar-refractivity contribution in [3.8, 4) is 0 Å². The lowest BCUT2D eigenvalue weighted by atomic mass is 10.3. The SMILES string of the molecule is CCOC(=O)C(CC)Sc1nccnc1N. The van der Waals surface area contributed by atoms with Crippen molar-refractivity contribution >= 4 is 23.5 Å². The van der Waals surface area contributed by atoms with Crippen molar-refractivity contribution in [2.24, 2.45) is 0 Å². The van der Waals surface area contributed by atoms with Crippen LogP contribution in [0.3, 0.4) is 0 Å². The first-order valence-electron chi connectivity index (χ1n) is 5.08. The molecule has 1 unspecified atom stereocenters. The van der Waals surface area contributed by atoms with E-state index >= 15 is 0 Å². The maximum atomic E-state index is 11.6. The number of hydrogen-bond acceptors (Lipinski definition) is 6. The van der Waals surface area contributed by atoms with Gasteiger partial charge >= 0.3 is 5.97 Å². The predicted molar refractivity (Wildman–Crippen MR) is 63.0 cm³/mol. The summed E-state index contributed by atoms with van der Waals surface area (Å²) in [5.74, 6) is 0.107. The van der Waals surface area contributed by atoms with Gasteiger partial charge in [-0.3, -0.25) is 4.79 Å². The number of thioether (sulfide) groups is 1. The Balaban J connectivity index is 2.70. The second kappa shape index (κ2) is 6.32. The zero-order valence-electron chi connectivity index (χ0n) is 9.34. The van der Waals surface area contributed by atoms with Crippen LogP contribution in [0.5, 0.6) is 0 Å².